The molecule has 0 spiro atoms. The fourth-order valence-corrected chi connectivity index (χ4v) is 3.66. The number of sulfonamides is 1. The quantitative estimate of drug-likeness (QED) is 0.785. The Morgan fingerprint density at radius 2 is 2.16 bits per heavy atom. The van der Waals surface area contributed by atoms with Crippen molar-refractivity contribution in [1.29, 1.82) is 0 Å². The van der Waals surface area contributed by atoms with E-state index in [1.807, 2.05) is 6.07 Å². The van der Waals surface area contributed by atoms with Crippen molar-refractivity contribution in [2.75, 3.05) is 18.4 Å². The number of rotatable bonds is 6. The number of anilines is 1. The van der Waals surface area contributed by atoms with Crippen LogP contribution < -0.4 is 10.0 Å². The fraction of sp³-hybridized carbons (Fsp3) is 0.571. The molecule has 3 rings (SSSR count). The molecule has 5 heteroatoms. The highest BCUT2D eigenvalue weighted by Gasteiger charge is 2.21. The first-order valence-electron chi connectivity index (χ1n) is 7.02. The van der Waals surface area contributed by atoms with Crippen molar-refractivity contribution in [2.24, 2.45) is 5.92 Å². The first-order chi connectivity index (χ1) is 9.15. The van der Waals surface area contributed by atoms with Crippen molar-refractivity contribution in [3.8, 4) is 0 Å². The average molecular weight is 280 g/mol. The highest BCUT2D eigenvalue weighted by molar-refractivity contribution is 7.89. The smallest absolute Gasteiger partial charge is 0.240 e. The normalized spacial score (nSPS) is 18.1. The van der Waals surface area contributed by atoms with E-state index in [1.165, 1.54) is 12.8 Å². The van der Waals surface area contributed by atoms with Gasteiger partial charge < -0.3 is 5.32 Å². The van der Waals surface area contributed by atoms with Gasteiger partial charge >= 0.3 is 0 Å². The molecule has 19 heavy (non-hydrogen) atoms. The van der Waals surface area contributed by atoms with Gasteiger partial charge in [-0.05, 0) is 48.9 Å². The summed E-state index contributed by atoms with van der Waals surface area (Å²) in [7, 11) is -3.34. The second kappa shape index (κ2) is 5.13. The average Bonchev–Trinajstić information content (AvgIpc) is 3.09. The zero-order chi connectivity index (χ0) is 13.3. The maximum Gasteiger partial charge on any atom is 0.240 e. The Morgan fingerprint density at radius 1 is 1.32 bits per heavy atom. The Bertz CT molecular complexity index is 565. The summed E-state index contributed by atoms with van der Waals surface area (Å²) in [5, 5.41) is 3.24. The molecule has 0 saturated heterocycles. The molecule has 0 atom stereocenters. The molecule has 0 aromatic heterocycles. The molecule has 0 radical (unpaired) electrons. The summed E-state index contributed by atoms with van der Waals surface area (Å²) in [6, 6.07) is 5.33. The van der Waals surface area contributed by atoms with E-state index in [9.17, 15) is 8.42 Å². The summed E-state index contributed by atoms with van der Waals surface area (Å²) in [6.07, 6.45) is 5.64. The standard InChI is InChI=1S/C14H20N2O2S/c17-19(18,16-8-1-2-11-3-4-11)13-5-6-14-12(10-13)7-9-15-14/h5-6,10-11,15-16H,1-4,7-9H2. The number of nitrogens with one attached hydrogen (secondary N) is 2. The van der Waals surface area contributed by atoms with E-state index in [2.05, 4.69) is 10.0 Å². The maximum absolute atomic E-state index is 12.2. The van der Waals surface area contributed by atoms with Crippen LogP contribution in [0.5, 0.6) is 0 Å². The molecule has 0 amide bonds. The molecule has 1 saturated carbocycles. The van der Waals surface area contributed by atoms with Crippen molar-refractivity contribution in [3.63, 3.8) is 0 Å². The summed E-state index contributed by atoms with van der Waals surface area (Å²) in [6.45, 7) is 1.45. The number of benzene rings is 1. The van der Waals surface area contributed by atoms with Gasteiger partial charge in [0.05, 0.1) is 4.90 Å². The fourth-order valence-electron chi connectivity index (χ4n) is 2.54. The molecule has 2 aliphatic rings. The highest BCUT2D eigenvalue weighted by Crippen LogP contribution is 2.33. The van der Waals surface area contributed by atoms with Crippen LogP contribution in [0, 0.1) is 5.92 Å². The van der Waals surface area contributed by atoms with Gasteiger partial charge in [0.25, 0.3) is 0 Å². The lowest BCUT2D eigenvalue weighted by atomic mass is 10.2. The third kappa shape index (κ3) is 3.09. The molecule has 1 aromatic rings. The molecule has 1 aliphatic carbocycles. The van der Waals surface area contributed by atoms with Gasteiger partial charge in [0, 0.05) is 18.8 Å². The van der Waals surface area contributed by atoms with E-state index in [-0.39, 0.29) is 0 Å². The molecule has 1 aromatic carbocycles. The summed E-state index contributed by atoms with van der Waals surface area (Å²) < 4.78 is 27.0. The minimum Gasteiger partial charge on any atom is -0.384 e. The van der Waals surface area contributed by atoms with E-state index in [1.54, 1.807) is 12.1 Å². The number of hydrogen-bond donors (Lipinski definition) is 2. The predicted octanol–water partition coefficient (Wildman–Crippen LogP) is 2.12. The monoisotopic (exact) mass is 280 g/mol. The number of fused-ring (bicyclic) bond motifs is 1. The molecule has 2 N–H and O–H groups in total. The van der Waals surface area contributed by atoms with Crippen molar-refractivity contribution >= 4 is 15.7 Å². The van der Waals surface area contributed by atoms with Crippen LogP contribution >= 0.6 is 0 Å². The summed E-state index contributed by atoms with van der Waals surface area (Å²) in [4.78, 5) is 0.390. The van der Waals surface area contributed by atoms with E-state index in [4.69, 9.17) is 0 Å². The van der Waals surface area contributed by atoms with E-state index < -0.39 is 10.0 Å². The van der Waals surface area contributed by atoms with E-state index in [0.29, 0.717) is 11.4 Å². The molecular formula is C14H20N2O2S. The second-order valence-electron chi connectivity index (χ2n) is 5.48. The van der Waals surface area contributed by atoms with Gasteiger partial charge in [0.15, 0.2) is 0 Å². The Labute approximate surface area is 114 Å². The lowest BCUT2D eigenvalue weighted by Gasteiger charge is -2.08. The topological polar surface area (TPSA) is 58.2 Å². The molecule has 4 nitrogen and oxygen atoms in total. The van der Waals surface area contributed by atoms with Crippen LogP contribution in [0.15, 0.2) is 23.1 Å². The van der Waals surface area contributed by atoms with Crippen LogP contribution in [-0.2, 0) is 16.4 Å². The van der Waals surface area contributed by atoms with Gasteiger partial charge in [-0.2, -0.15) is 0 Å². The molecule has 1 aliphatic heterocycles. The minimum absolute atomic E-state index is 0.390. The van der Waals surface area contributed by atoms with Crippen LogP contribution in [0.2, 0.25) is 0 Å². The lowest BCUT2D eigenvalue weighted by molar-refractivity contribution is 0.572. The second-order valence-corrected chi connectivity index (χ2v) is 7.25. The summed E-state index contributed by atoms with van der Waals surface area (Å²) in [5.74, 6) is 0.857. The molecule has 1 fully saturated rings. The zero-order valence-corrected chi connectivity index (χ0v) is 11.8. The van der Waals surface area contributed by atoms with Gasteiger partial charge in [0.1, 0.15) is 0 Å². The van der Waals surface area contributed by atoms with Crippen molar-refractivity contribution in [3.05, 3.63) is 23.8 Å². The molecule has 104 valence electrons. The van der Waals surface area contributed by atoms with Crippen LogP contribution in [0.3, 0.4) is 0 Å². The largest absolute Gasteiger partial charge is 0.384 e. The van der Waals surface area contributed by atoms with Crippen LogP contribution in [0.25, 0.3) is 0 Å². The SMILES string of the molecule is O=S(=O)(NCCCC1CC1)c1ccc2c(c1)CCN2. The van der Waals surface area contributed by atoms with Gasteiger partial charge in [-0.3, -0.25) is 0 Å². The minimum atomic E-state index is -3.34. The van der Waals surface area contributed by atoms with E-state index >= 15 is 0 Å². The summed E-state index contributed by atoms with van der Waals surface area (Å²) in [5.41, 5.74) is 2.16. The van der Waals surface area contributed by atoms with Crippen molar-refractivity contribution < 1.29 is 8.42 Å². The highest BCUT2D eigenvalue weighted by atomic mass is 32.2. The predicted molar refractivity (Wildman–Crippen MR) is 75.8 cm³/mol. The van der Waals surface area contributed by atoms with Crippen molar-refractivity contribution in [2.45, 2.75) is 37.0 Å². The molecule has 0 bridgehead atoms. The van der Waals surface area contributed by atoms with Crippen LogP contribution in [0.1, 0.15) is 31.2 Å². The Kier molecular flexibility index (Phi) is 3.50. The number of hydrogen-bond acceptors (Lipinski definition) is 3. The third-order valence-corrected chi connectivity index (χ3v) is 5.33. The molecule has 0 unspecified atom stereocenters. The Morgan fingerprint density at radius 3 is 2.95 bits per heavy atom. The van der Waals surface area contributed by atoms with Gasteiger partial charge in [-0.1, -0.05) is 12.8 Å². The first kappa shape index (κ1) is 12.9. The van der Waals surface area contributed by atoms with Gasteiger partial charge in [-0.15, -0.1) is 0 Å². The van der Waals surface area contributed by atoms with Crippen molar-refractivity contribution in [1.82, 2.24) is 4.72 Å². The van der Waals surface area contributed by atoms with Crippen LogP contribution in [-0.4, -0.2) is 21.5 Å². The Hall–Kier alpha value is -1.07. The molecular weight excluding hydrogens is 260 g/mol. The summed E-state index contributed by atoms with van der Waals surface area (Å²) >= 11 is 0. The third-order valence-electron chi connectivity index (χ3n) is 3.87. The molecule has 1 heterocycles. The van der Waals surface area contributed by atoms with Gasteiger partial charge in [-0.25, -0.2) is 13.1 Å². The first-order valence-corrected chi connectivity index (χ1v) is 8.50. The van der Waals surface area contributed by atoms with Gasteiger partial charge in [0.2, 0.25) is 10.0 Å². The maximum atomic E-state index is 12.2. The lowest BCUT2D eigenvalue weighted by Crippen LogP contribution is -2.25. The van der Waals surface area contributed by atoms with Crippen LogP contribution in [0.4, 0.5) is 5.69 Å². The van der Waals surface area contributed by atoms with E-state index in [0.717, 1.165) is 43.0 Å². The Balaban J connectivity index is 1.62. The zero-order valence-electron chi connectivity index (χ0n) is 11.0.